The molecule has 1 atom stereocenters. The van der Waals surface area contributed by atoms with Crippen LogP contribution < -0.4 is 11.1 Å². The second kappa shape index (κ2) is 4.23. The monoisotopic (exact) mass is 196 g/mol. The second-order valence-corrected chi connectivity index (χ2v) is 3.51. The molecule has 1 unspecified atom stereocenters. The number of hydrogen-bond donors (Lipinski definition) is 3. The van der Waals surface area contributed by atoms with E-state index in [0.29, 0.717) is 18.9 Å². The lowest BCUT2D eigenvalue weighted by Crippen LogP contribution is -2.39. The maximum absolute atomic E-state index is 11.7. The summed E-state index contributed by atoms with van der Waals surface area (Å²) in [7, 11) is 0. The van der Waals surface area contributed by atoms with Crippen LogP contribution in [0.1, 0.15) is 20.3 Å². The van der Waals surface area contributed by atoms with E-state index in [1.165, 1.54) is 0 Å². The number of imidazole rings is 1. The third-order valence-corrected chi connectivity index (χ3v) is 2.51. The zero-order valence-corrected chi connectivity index (χ0v) is 8.50. The van der Waals surface area contributed by atoms with Crippen LogP contribution in [0.2, 0.25) is 0 Å². The molecule has 1 aromatic rings. The van der Waals surface area contributed by atoms with Gasteiger partial charge >= 0.3 is 0 Å². The molecular weight excluding hydrogens is 180 g/mol. The van der Waals surface area contributed by atoms with Gasteiger partial charge in [-0.25, -0.2) is 4.98 Å². The van der Waals surface area contributed by atoms with E-state index in [4.69, 9.17) is 5.73 Å². The molecule has 1 aromatic heterocycles. The Kier molecular flexibility index (Phi) is 3.24. The Bertz CT molecular complexity index is 290. The molecule has 0 radical (unpaired) electrons. The second-order valence-electron chi connectivity index (χ2n) is 3.51. The Labute approximate surface area is 83.1 Å². The third-order valence-electron chi connectivity index (χ3n) is 2.51. The van der Waals surface area contributed by atoms with Crippen LogP contribution in [0.5, 0.6) is 0 Å². The van der Waals surface area contributed by atoms with Crippen LogP contribution in [-0.4, -0.2) is 22.4 Å². The minimum atomic E-state index is -0.521. The SMILES string of the molecule is CCC(C)(CN)C(=O)Nc1ncc[nH]1. The largest absolute Gasteiger partial charge is 0.331 e. The smallest absolute Gasteiger partial charge is 0.233 e. The van der Waals surface area contributed by atoms with Crippen molar-refractivity contribution < 1.29 is 4.79 Å². The van der Waals surface area contributed by atoms with Gasteiger partial charge in [0.15, 0.2) is 0 Å². The molecule has 0 saturated heterocycles. The first-order valence-electron chi connectivity index (χ1n) is 4.63. The minimum absolute atomic E-state index is 0.0996. The maximum atomic E-state index is 11.7. The van der Waals surface area contributed by atoms with Crippen LogP contribution in [0.25, 0.3) is 0 Å². The number of carbonyl (C=O) groups is 1. The predicted octanol–water partition coefficient (Wildman–Crippen LogP) is 0.723. The van der Waals surface area contributed by atoms with Crippen LogP contribution in [0.3, 0.4) is 0 Å². The van der Waals surface area contributed by atoms with Gasteiger partial charge in [-0.1, -0.05) is 6.92 Å². The average Bonchev–Trinajstić information content (AvgIpc) is 2.69. The van der Waals surface area contributed by atoms with Gasteiger partial charge in [0.1, 0.15) is 0 Å². The van der Waals surface area contributed by atoms with Crippen LogP contribution in [0, 0.1) is 5.41 Å². The van der Waals surface area contributed by atoms with Crippen molar-refractivity contribution in [2.75, 3.05) is 11.9 Å². The molecule has 0 spiro atoms. The fraction of sp³-hybridized carbons (Fsp3) is 0.556. The van der Waals surface area contributed by atoms with Gasteiger partial charge < -0.3 is 10.7 Å². The van der Waals surface area contributed by atoms with Gasteiger partial charge in [-0.2, -0.15) is 0 Å². The van der Waals surface area contributed by atoms with Crippen LogP contribution in [0.15, 0.2) is 12.4 Å². The summed E-state index contributed by atoms with van der Waals surface area (Å²) in [5.74, 6) is 0.362. The number of rotatable bonds is 4. The summed E-state index contributed by atoms with van der Waals surface area (Å²) in [6.07, 6.45) is 3.94. The van der Waals surface area contributed by atoms with E-state index < -0.39 is 5.41 Å². The number of nitrogens with one attached hydrogen (secondary N) is 2. The minimum Gasteiger partial charge on any atom is -0.331 e. The Hall–Kier alpha value is -1.36. The Morgan fingerprint density at radius 1 is 1.79 bits per heavy atom. The normalized spacial score (nSPS) is 14.8. The quantitative estimate of drug-likeness (QED) is 0.663. The zero-order chi connectivity index (χ0) is 10.6. The molecule has 0 fully saturated rings. The standard InChI is InChI=1S/C9H16N4O/c1-3-9(2,6-10)7(14)13-8-11-4-5-12-8/h4-5H,3,6,10H2,1-2H3,(H2,11,12,13,14). The fourth-order valence-corrected chi connectivity index (χ4v) is 0.990. The highest BCUT2D eigenvalue weighted by molar-refractivity contribution is 5.93. The number of anilines is 1. The van der Waals surface area contributed by atoms with Crippen molar-refractivity contribution in [2.24, 2.45) is 11.1 Å². The van der Waals surface area contributed by atoms with Crippen molar-refractivity contribution in [1.29, 1.82) is 0 Å². The first-order chi connectivity index (χ1) is 6.62. The molecule has 0 saturated carbocycles. The summed E-state index contributed by atoms with van der Waals surface area (Å²) >= 11 is 0. The van der Waals surface area contributed by atoms with Crippen molar-refractivity contribution in [3.63, 3.8) is 0 Å². The summed E-state index contributed by atoms with van der Waals surface area (Å²) in [4.78, 5) is 18.5. The predicted molar refractivity (Wildman–Crippen MR) is 54.7 cm³/mol. The number of aromatic nitrogens is 2. The first-order valence-corrected chi connectivity index (χ1v) is 4.63. The molecule has 1 heterocycles. The molecule has 14 heavy (non-hydrogen) atoms. The van der Waals surface area contributed by atoms with Crippen molar-refractivity contribution in [1.82, 2.24) is 9.97 Å². The van der Waals surface area contributed by atoms with Crippen molar-refractivity contribution in [3.8, 4) is 0 Å². The van der Waals surface area contributed by atoms with Crippen LogP contribution in [0.4, 0.5) is 5.95 Å². The highest BCUT2D eigenvalue weighted by atomic mass is 16.2. The van der Waals surface area contributed by atoms with Crippen LogP contribution in [-0.2, 0) is 4.79 Å². The molecule has 0 aliphatic carbocycles. The summed E-state index contributed by atoms with van der Waals surface area (Å²) in [6.45, 7) is 4.11. The molecule has 4 N–H and O–H groups in total. The highest BCUT2D eigenvalue weighted by Gasteiger charge is 2.29. The lowest BCUT2D eigenvalue weighted by Gasteiger charge is -2.24. The van der Waals surface area contributed by atoms with Crippen LogP contribution >= 0.6 is 0 Å². The summed E-state index contributed by atoms with van der Waals surface area (Å²) in [5.41, 5.74) is 5.03. The number of aromatic amines is 1. The number of H-pyrrole nitrogens is 1. The highest BCUT2D eigenvalue weighted by Crippen LogP contribution is 2.20. The Balaban J connectivity index is 2.66. The topological polar surface area (TPSA) is 83.8 Å². The molecule has 0 aromatic carbocycles. The van der Waals surface area contributed by atoms with Crippen molar-refractivity contribution in [2.45, 2.75) is 20.3 Å². The van der Waals surface area contributed by atoms with E-state index in [2.05, 4.69) is 15.3 Å². The van der Waals surface area contributed by atoms with E-state index in [1.54, 1.807) is 12.4 Å². The molecule has 0 aliphatic rings. The lowest BCUT2D eigenvalue weighted by molar-refractivity contribution is -0.124. The number of nitrogens with two attached hydrogens (primary N) is 1. The zero-order valence-electron chi connectivity index (χ0n) is 8.50. The fourth-order valence-electron chi connectivity index (χ4n) is 0.990. The average molecular weight is 196 g/mol. The Morgan fingerprint density at radius 3 is 2.93 bits per heavy atom. The van der Waals surface area contributed by atoms with E-state index in [9.17, 15) is 4.79 Å². The number of carbonyl (C=O) groups excluding carboxylic acids is 1. The molecule has 1 amide bonds. The maximum Gasteiger partial charge on any atom is 0.233 e. The summed E-state index contributed by atoms with van der Waals surface area (Å²) < 4.78 is 0. The molecule has 0 bridgehead atoms. The molecule has 5 heteroatoms. The summed E-state index contributed by atoms with van der Waals surface area (Å²) in [6, 6.07) is 0. The summed E-state index contributed by atoms with van der Waals surface area (Å²) in [5, 5.41) is 2.68. The molecule has 0 aliphatic heterocycles. The molecule has 78 valence electrons. The Morgan fingerprint density at radius 2 is 2.50 bits per heavy atom. The molecular formula is C9H16N4O. The van der Waals surface area contributed by atoms with E-state index in [0.717, 1.165) is 0 Å². The van der Waals surface area contributed by atoms with Gasteiger partial charge in [-0.05, 0) is 13.3 Å². The number of nitrogens with zero attached hydrogens (tertiary/aromatic N) is 1. The number of hydrogen-bond acceptors (Lipinski definition) is 3. The van der Waals surface area contributed by atoms with Gasteiger partial charge in [0.05, 0.1) is 5.41 Å². The first kappa shape index (κ1) is 10.7. The van der Waals surface area contributed by atoms with Gasteiger partial charge in [-0.15, -0.1) is 0 Å². The van der Waals surface area contributed by atoms with E-state index in [-0.39, 0.29) is 5.91 Å². The van der Waals surface area contributed by atoms with E-state index >= 15 is 0 Å². The number of amides is 1. The van der Waals surface area contributed by atoms with Crippen molar-refractivity contribution in [3.05, 3.63) is 12.4 Å². The van der Waals surface area contributed by atoms with Gasteiger partial charge in [0.25, 0.3) is 0 Å². The van der Waals surface area contributed by atoms with Gasteiger partial charge in [0, 0.05) is 18.9 Å². The van der Waals surface area contributed by atoms with Gasteiger partial charge in [0.2, 0.25) is 11.9 Å². The third kappa shape index (κ3) is 2.11. The molecule has 5 nitrogen and oxygen atoms in total. The lowest BCUT2D eigenvalue weighted by atomic mass is 9.87. The van der Waals surface area contributed by atoms with Gasteiger partial charge in [-0.3, -0.25) is 10.1 Å². The van der Waals surface area contributed by atoms with E-state index in [1.807, 2.05) is 13.8 Å². The molecule has 1 rings (SSSR count). The van der Waals surface area contributed by atoms with Crippen molar-refractivity contribution >= 4 is 11.9 Å².